The highest BCUT2D eigenvalue weighted by Gasteiger charge is 2.13. The summed E-state index contributed by atoms with van der Waals surface area (Å²) >= 11 is 0. The van der Waals surface area contributed by atoms with Crippen molar-refractivity contribution in [1.82, 2.24) is 4.98 Å². The molecule has 1 unspecified atom stereocenters. The number of aromatic nitrogens is 1. The van der Waals surface area contributed by atoms with E-state index in [-0.39, 0.29) is 18.1 Å². The van der Waals surface area contributed by atoms with Gasteiger partial charge >= 0.3 is 5.97 Å². The molecule has 5 nitrogen and oxygen atoms in total. The number of anilines is 1. The summed E-state index contributed by atoms with van der Waals surface area (Å²) in [6, 6.07) is 8.97. The molecule has 0 spiro atoms. The number of aliphatic hydroxyl groups excluding tert-OH is 1. The number of carboxylic acid groups (broad SMARTS) is 1. The maximum absolute atomic E-state index is 11.3. The predicted octanol–water partition coefficient (Wildman–Crippen LogP) is 1.97. The number of nitrogens with one attached hydrogen (secondary N) is 1. The van der Waals surface area contributed by atoms with Crippen LogP contribution >= 0.6 is 0 Å². The highest BCUT2D eigenvalue weighted by molar-refractivity contribution is 5.98. The molecule has 0 fully saturated rings. The van der Waals surface area contributed by atoms with Crippen LogP contribution in [-0.2, 0) is 0 Å². The molecule has 3 N–H and O–H groups in total. The fourth-order valence-electron chi connectivity index (χ4n) is 1.75. The number of rotatable bonds is 5. The van der Waals surface area contributed by atoms with Crippen molar-refractivity contribution in [2.75, 3.05) is 18.5 Å². The minimum absolute atomic E-state index is 0.0370. The molecule has 0 bridgehead atoms. The van der Waals surface area contributed by atoms with E-state index in [1.807, 2.05) is 31.2 Å². The summed E-state index contributed by atoms with van der Waals surface area (Å²) in [4.78, 5) is 15.6. The van der Waals surface area contributed by atoms with Gasteiger partial charge in [-0.2, -0.15) is 0 Å². The summed E-state index contributed by atoms with van der Waals surface area (Å²) < 4.78 is 0. The van der Waals surface area contributed by atoms with E-state index in [2.05, 4.69) is 10.3 Å². The molecule has 0 saturated heterocycles. The van der Waals surface area contributed by atoms with Crippen LogP contribution in [0.1, 0.15) is 17.3 Å². The first-order valence-corrected chi connectivity index (χ1v) is 6.09. The molecule has 19 heavy (non-hydrogen) atoms. The molecular weight excluding hydrogens is 244 g/mol. The Labute approximate surface area is 110 Å². The topological polar surface area (TPSA) is 82.5 Å². The van der Waals surface area contributed by atoms with Gasteiger partial charge in [0, 0.05) is 18.5 Å². The fraction of sp³-hybridized carbons (Fsp3) is 0.286. The zero-order valence-electron chi connectivity index (χ0n) is 10.6. The number of para-hydroxylation sites is 1. The molecule has 2 rings (SSSR count). The number of carboxylic acids is 1. The fourth-order valence-corrected chi connectivity index (χ4v) is 1.75. The summed E-state index contributed by atoms with van der Waals surface area (Å²) in [6.45, 7) is 2.39. The Morgan fingerprint density at radius 1 is 1.42 bits per heavy atom. The molecule has 2 aromatic rings. The highest BCUT2D eigenvalue weighted by Crippen LogP contribution is 2.20. The first kappa shape index (κ1) is 13.3. The van der Waals surface area contributed by atoms with Crippen LogP contribution in [0.2, 0.25) is 0 Å². The minimum atomic E-state index is -1.02. The van der Waals surface area contributed by atoms with Crippen molar-refractivity contribution >= 4 is 22.7 Å². The number of nitrogens with zero attached hydrogens (tertiary/aromatic N) is 1. The van der Waals surface area contributed by atoms with E-state index in [1.165, 1.54) is 0 Å². The molecule has 1 heterocycles. The third kappa shape index (κ3) is 3.00. The molecule has 0 aliphatic heterocycles. The van der Waals surface area contributed by atoms with E-state index in [0.717, 1.165) is 10.9 Å². The number of hydrogen-bond donors (Lipinski definition) is 3. The van der Waals surface area contributed by atoms with Crippen molar-refractivity contribution < 1.29 is 15.0 Å². The van der Waals surface area contributed by atoms with Crippen molar-refractivity contribution in [3.63, 3.8) is 0 Å². The minimum Gasteiger partial charge on any atom is -0.478 e. The number of carbonyl (C=O) groups is 1. The van der Waals surface area contributed by atoms with E-state index in [1.54, 1.807) is 6.07 Å². The van der Waals surface area contributed by atoms with Gasteiger partial charge in [-0.3, -0.25) is 0 Å². The molecule has 0 aliphatic rings. The maximum Gasteiger partial charge on any atom is 0.339 e. The average molecular weight is 260 g/mol. The first-order chi connectivity index (χ1) is 9.11. The lowest BCUT2D eigenvalue weighted by Gasteiger charge is -2.13. The molecule has 1 aromatic heterocycles. The smallest absolute Gasteiger partial charge is 0.339 e. The summed E-state index contributed by atoms with van der Waals surface area (Å²) in [5.41, 5.74) is 0.885. The largest absolute Gasteiger partial charge is 0.478 e. The van der Waals surface area contributed by atoms with Crippen LogP contribution < -0.4 is 5.32 Å². The van der Waals surface area contributed by atoms with Crippen molar-refractivity contribution in [2.24, 2.45) is 5.92 Å². The van der Waals surface area contributed by atoms with Gasteiger partial charge in [-0.05, 0) is 18.1 Å². The van der Waals surface area contributed by atoms with Gasteiger partial charge in [0.25, 0.3) is 0 Å². The number of benzene rings is 1. The monoisotopic (exact) mass is 260 g/mol. The molecule has 5 heteroatoms. The quantitative estimate of drug-likeness (QED) is 0.765. The van der Waals surface area contributed by atoms with Crippen LogP contribution in [0.4, 0.5) is 5.82 Å². The second kappa shape index (κ2) is 5.67. The molecule has 0 radical (unpaired) electrons. The second-order valence-electron chi connectivity index (χ2n) is 4.55. The van der Waals surface area contributed by atoms with Crippen LogP contribution in [0.5, 0.6) is 0 Å². The van der Waals surface area contributed by atoms with E-state index in [0.29, 0.717) is 12.4 Å². The van der Waals surface area contributed by atoms with Crippen molar-refractivity contribution in [2.45, 2.75) is 6.92 Å². The van der Waals surface area contributed by atoms with Gasteiger partial charge in [0.2, 0.25) is 0 Å². The first-order valence-electron chi connectivity index (χ1n) is 6.09. The second-order valence-corrected chi connectivity index (χ2v) is 4.55. The van der Waals surface area contributed by atoms with Gasteiger partial charge in [0.05, 0.1) is 5.52 Å². The van der Waals surface area contributed by atoms with E-state index >= 15 is 0 Å². The summed E-state index contributed by atoms with van der Waals surface area (Å²) in [5.74, 6) is -0.640. The number of hydrogen-bond acceptors (Lipinski definition) is 4. The molecule has 1 atom stereocenters. The Balaban J connectivity index is 2.39. The molecule has 0 aliphatic carbocycles. The molecule has 0 amide bonds. The average Bonchev–Trinajstić information content (AvgIpc) is 2.43. The van der Waals surface area contributed by atoms with Crippen LogP contribution in [0, 0.1) is 5.92 Å². The Morgan fingerprint density at radius 3 is 2.84 bits per heavy atom. The van der Waals surface area contributed by atoms with Gasteiger partial charge in [-0.15, -0.1) is 0 Å². The predicted molar refractivity (Wildman–Crippen MR) is 73.4 cm³/mol. The third-order valence-corrected chi connectivity index (χ3v) is 2.88. The summed E-state index contributed by atoms with van der Waals surface area (Å²) in [5, 5.41) is 22.0. The SMILES string of the molecule is CC(CO)CNc1nc2ccccc2cc1C(=O)O. The van der Waals surface area contributed by atoms with E-state index < -0.39 is 5.97 Å². The van der Waals surface area contributed by atoms with E-state index in [4.69, 9.17) is 5.11 Å². The number of aromatic carboxylic acids is 1. The van der Waals surface area contributed by atoms with Gasteiger partial charge in [0.15, 0.2) is 0 Å². The molecular formula is C14H16N2O3. The Bertz CT molecular complexity index is 598. The van der Waals surface area contributed by atoms with Crippen molar-refractivity contribution in [3.05, 3.63) is 35.9 Å². The summed E-state index contributed by atoms with van der Waals surface area (Å²) in [7, 11) is 0. The van der Waals surface area contributed by atoms with Crippen LogP contribution in [-0.4, -0.2) is 34.3 Å². The van der Waals surface area contributed by atoms with E-state index in [9.17, 15) is 9.90 Å². The lowest BCUT2D eigenvalue weighted by Crippen LogP contribution is -2.17. The standard InChI is InChI=1S/C14H16N2O3/c1-9(8-17)7-15-13-11(14(18)19)6-10-4-2-3-5-12(10)16-13/h2-6,9,17H,7-8H2,1H3,(H,15,16)(H,18,19). The van der Waals surface area contributed by atoms with Gasteiger partial charge < -0.3 is 15.5 Å². The van der Waals surface area contributed by atoms with Gasteiger partial charge in [-0.1, -0.05) is 25.1 Å². The Hall–Kier alpha value is -2.14. The van der Waals surface area contributed by atoms with Gasteiger partial charge in [-0.25, -0.2) is 9.78 Å². The Morgan fingerprint density at radius 2 is 2.16 bits per heavy atom. The highest BCUT2D eigenvalue weighted by atomic mass is 16.4. The van der Waals surface area contributed by atoms with Crippen LogP contribution in [0.3, 0.4) is 0 Å². The zero-order chi connectivity index (χ0) is 13.8. The number of pyridine rings is 1. The number of aliphatic hydroxyl groups is 1. The molecule has 1 aromatic carbocycles. The lowest BCUT2D eigenvalue weighted by atomic mass is 10.1. The normalized spacial score (nSPS) is 12.3. The zero-order valence-corrected chi connectivity index (χ0v) is 10.6. The lowest BCUT2D eigenvalue weighted by molar-refractivity contribution is 0.0697. The molecule has 100 valence electrons. The maximum atomic E-state index is 11.3. The third-order valence-electron chi connectivity index (χ3n) is 2.88. The van der Waals surface area contributed by atoms with Crippen LogP contribution in [0.15, 0.2) is 30.3 Å². The number of fused-ring (bicyclic) bond motifs is 1. The molecule has 0 saturated carbocycles. The Kier molecular flexibility index (Phi) is 3.97. The summed E-state index contributed by atoms with van der Waals surface area (Å²) in [6.07, 6.45) is 0. The van der Waals surface area contributed by atoms with Crippen LogP contribution in [0.25, 0.3) is 10.9 Å². The van der Waals surface area contributed by atoms with Gasteiger partial charge in [0.1, 0.15) is 11.4 Å². The van der Waals surface area contributed by atoms with Crippen molar-refractivity contribution in [1.29, 1.82) is 0 Å². The van der Waals surface area contributed by atoms with Crippen molar-refractivity contribution in [3.8, 4) is 0 Å².